The molecule has 2 fully saturated rings. The number of aliphatic hydroxyl groups is 1. The molecule has 3 heterocycles. The van der Waals surface area contributed by atoms with E-state index >= 15 is 0 Å². The molecule has 0 spiro atoms. The van der Waals surface area contributed by atoms with Crippen LogP contribution in [0.1, 0.15) is 43.4 Å². The highest BCUT2D eigenvalue weighted by molar-refractivity contribution is 5.31. The van der Waals surface area contributed by atoms with Crippen molar-refractivity contribution in [2.45, 2.75) is 49.8 Å². The second-order valence-electron chi connectivity index (χ2n) is 5.47. The van der Waals surface area contributed by atoms with Crippen molar-refractivity contribution in [3.8, 4) is 6.07 Å². The lowest BCUT2D eigenvalue weighted by Gasteiger charge is -2.44. The van der Waals surface area contributed by atoms with Crippen molar-refractivity contribution in [3.05, 3.63) is 29.6 Å². The quantitative estimate of drug-likeness (QED) is 0.783. The summed E-state index contributed by atoms with van der Waals surface area (Å²) < 4.78 is 0. The average Bonchev–Trinajstić information content (AvgIpc) is 2.38. The van der Waals surface area contributed by atoms with Crippen molar-refractivity contribution in [2.24, 2.45) is 0 Å². The van der Waals surface area contributed by atoms with Crippen LogP contribution in [0.4, 0.5) is 0 Å². The molecule has 2 aliphatic rings. The molecular formula is C14H17N3O. The molecule has 3 rings (SSSR count). The van der Waals surface area contributed by atoms with E-state index in [0.29, 0.717) is 36.2 Å². The number of hydrogen-bond donors (Lipinski definition) is 2. The summed E-state index contributed by atoms with van der Waals surface area (Å²) in [6.07, 6.45) is 6.50. The van der Waals surface area contributed by atoms with E-state index in [1.54, 1.807) is 18.3 Å². The highest BCUT2D eigenvalue weighted by Crippen LogP contribution is 2.38. The average molecular weight is 243 g/mol. The molecule has 2 N–H and O–H groups in total. The first-order valence-electron chi connectivity index (χ1n) is 6.55. The highest BCUT2D eigenvalue weighted by Gasteiger charge is 2.42. The maximum atomic E-state index is 10.9. The predicted molar refractivity (Wildman–Crippen MR) is 66.6 cm³/mol. The minimum absolute atomic E-state index is 0.384. The Labute approximate surface area is 107 Å². The lowest BCUT2D eigenvalue weighted by atomic mass is 9.75. The number of nitrogens with zero attached hydrogens (tertiary/aromatic N) is 2. The maximum absolute atomic E-state index is 10.9. The van der Waals surface area contributed by atoms with Crippen molar-refractivity contribution in [1.29, 1.82) is 5.26 Å². The zero-order valence-electron chi connectivity index (χ0n) is 10.3. The van der Waals surface area contributed by atoms with E-state index in [1.807, 2.05) is 0 Å². The Bertz CT molecular complexity index is 482. The van der Waals surface area contributed by atoms with Gasteiger partial charge in [-0.1, -0.05) is 6.42 Å². The Balaban J connectivity index is 1.92. The number of nitrogens with one attached hydrogen (secondary N) is 1. The second-order valence-corrected chi connectivity index (χ2v) is 5.47. The third-order valence-electron chi connectivity index (χ3n) is 4.11. The van der Waals surface area contributed by atoms with Gasteiger partial charge in [0, 0.05) is 18.3 Å². The first kappa shape index (κ1) is 11.6. The lowest BCUT2D eigenvalue weighted by molar-refractivity contribution is -0.0392. The molecule has 2 aliphatic heterocycles. The molecular weight excluding hydrogens is 226 g/mol. The van der Waals surface area contributed by atoms with Crippen LogP contribution < -0.4 is 5.32 Å². The van der Waals surface area contributed by atoms with Gasteiger partial charge >= 0.3 is 0 Å². The summed E-state index contributed by atoms with van der Waals surface area (Å²) in [6.45, 7) is 0. The molecule has 2 bridgehead atoms. The number of rotatable bonds is 1. The molecule has 0 radical (unpaired) electrons. The Morgan fingerprint density at radius 3 is 2.78 bits per heavy atom. The standard InChI is InChI=1S/C14H17N3O/c15-9-10-4-5-16-13(6-10)14(18)7-11-2-1-3-12(8-14)17-11/h4-6,11-12,17-18H,1-3,7-8H2. The minimum atomic E-state index is -0.867. The van der Waals surface area contributed by atoms with Crippen LogP contribution >= 0.6 is 0 Å². The monoisotopic (exact) mass is 243 g/mol. The number of aromatic nitrogens is 1. The van der Waals surface area contributed by atoms with Gasteiger partial charge in [0.2, 0.25) is 0 Å². The zero-order valence-corrected chi connectivity index (χ0v) is 10.3. The number of pyridine rings is 1. The molecule has 0 aliphatic carbocycles. The fourth-order valence-corrected chi connectivity index (χ4v) is 3.29. The van der Waals surface area contributed by atoms with E-state index < -0.39 is 5.60 Å². The molecule has 18 heavy (non-hydrogen) atoms. The molecule has 2 unspecified atom stereocenters. The van der Waals surface area contributed by atoms with Gasteiger partial charge in [-0.25, -0.2) is 0 Å². The number of hydrogen-bond acceptors (Lipinski definition) is 4. The summed E-state index contributed by atoms with van der Waals surface area (Å²) in [5.41, 5.74) is 0.352. The Kier molecular flexibility index (Phi) is 2.81. The lowest BCUT2D eigenvalue weighted by Crippen LogP contribution is -2.54. The van der Waals surface area contributed by atoms with Gasteiger partial charge in [-0.05, 0) is 37.8 Å². The van der Waals surface area contributed by atoms with Gasteiger partial charge in [0.15, 0.2) is 0 Å². The molecule has 0 amide bonds. The summed E-state index contributed by atoms with van der Waals surface area (Å²) in [5.74, 6) is 0. The highest BCUT2D eigenvalue weighted by atomic mass is 16.3. The SMILES string of the molecule is N#Cc1ccnc(C2(O)CC3CCCC(C2)N3)c1. The van der Waals surface area contributed by atoms with E-state index in [4.69, 9.17) is 5.26 Å². The van der Waals surface area contributed by atoms with Gasteiger partial charge < -0.3 is 10.4 Å². The van der Waals surface area contributed by atoms with Gasteiger partial charge in [0.05, 0.1) is 17.3 Å². The first-order chi connectivity index (χ1) is 8.69. The summed E-state index contributed by atoms with van der Waals surface area (Å²) in [6, 6.07) is 6.27. The van der Waals surface area contributed by atoms with Crippen LogP contribution in [-0.4, -0.2) is 22.2 Å². The first-order valence-corrected chi connectivity index (χ1v) is 6.55. The fourth-order valence-electron chi connectivity index (χ4n) is 3.29. The van der Waals surface area contributed by atoms with Gasteiger partial charge in [-0.15, -0.1) is 0 Å². The fraction of sp³-hybridized carbons (Fsp3) is 0.571. The Morgan fingerprint density at radius 2 is 2.11 bits per heavy atom. The Hall–Kier alpha value is -1.44. The smallest absolute Gasteiger partial charge is 0.109 e. The van der Waals surface area contributed by atoms with Crippen molar-refractivity contribution >= 4 is 0 Å². The summed E-state index contributed by atoms with van der Waals surface area (Å²) in [7, 11) is 0. The van der Waals surface area contributed by atoms with Gasteiger partial charge in [0.25, 0.3) is 0 Å². The molecule has 0 aromatic carbocycles. The van der Waals surface area contributed by atoms with Crippen molar-refractivity contribution in [1.82, 2.24) is 10.3 Å². The zero-order chi connectivity index (χ0) is 12.6. The number of fused-ring (bicyclic) bond motifs is 2. The van der Waals surface area contributed by atoms with Crippen molar-refractivity contribution in [2.75, 3.05) is 0 Å². The van der Waals surface area contributed by atoms with Crippen LogP contribution in [-0.2, 0) is 5.60 Å². The van der Waals surface area contributed by atoms with Crippen LogP contribution in [0.25, 0.3) is 0 Å². The van der Waals surface area contributed by atoms with Crippen LogP contribution in [0.2, 0.25) is 0 Å². The molecule has 4 nitrogen and oxygen atoms in total. The topological polar surface area (TPSA) is 68.9 Å². The third kappa shape index (κ3) is 2.00. The van der Waals surface area contributed by atoms with Crippen molar-refractivity contribution < 1.29 is 5.11 Å². The van der Waals surface area contributed by atoms with Gasteiger partial charge in [0.1, 0.15) is 5.60 Å². The summed E-state index contributed by atoms with van der Waals surface area (Å²) in [4.78, 5) is 4.28. The van der Waals surface area contributed by atoms with Gasteiger partial charge in [-0.3, -0.25) is 4.98 Å². The Morgan fingerprint density at radius 1 is 1.39 bits per heavy atom. The van der Waals surface area contributed by atoms with E-state index in [1.165, 1.54) is 6.42 Å². The van der Waals surface area contributed by atoms with E-state index in [-0.39, 0.29) is 0 Å². The van der Waals surface area contributed by atoms with Crippen LogP contribution in [0.15, 0.2) is 18.3 Å². The minimum Gasteiger partial charge on any atom is -0.383 e. The van der Waals surface area contributed by atoms with E-state index in [0.717, 1.165) is 12.8 Å². The van der Waals surface area contributed by atoms with Crippen LogP contribution in [0, 0.1) is 11.3 Å². The van der Waals surface area contributed by atoms with Crippen LogP contribution in [0.5, 0.6) is 0 Å². The molecule has 1 aromatic heterocycles. The molecule has 2 atom stereocenters. The molecule has 0 saturated carbocycles. The van der Waals surface area contributed by atoms with E-state index in [2.05, 4.69) is 16.4 Å². The molecule has 1 aromatic rings. The van der Waals surface area contributed by atoms with Crippen LogP contribution in [0.3, 0.4) is 0 Å². The second kappa shape index (κ2) is 4.34. The van der Waals surface area contributed by atoms with Gasteiger partial charge in [-0.2, -0.15) is 5.26 Å². The number of piperidine rings is 2. The normalized spacial score (nSPS) is 34.9. The molecule has 4 heteroatoms. The molecule has 2 saturated heterocycles. The predicted octanol–water partition coefficient (Wildman–Crippen LogP) is 1.45. The number of nitriles is 1. The van der Waals surface area contributed by atoms with E-state index in [9.17, 15) is 5.11 Å². The summed E-state index contributed by atoms with van der Waals surface area (Å²) >= 11 is 0. The maximum Gasteiger partial charge on any atom is 0.109 e. The summed E-state index contributed by atoms with van der Waals surface area (Å²) in [5, 5.41) is 23.3. The molecule has 94 valence electrons. The largest absolute Gasteiger partial charge is 0.383 e. The third-order valence-corrected chi connectivity index (χ3v) is 4.11. The van der Waals surface area contributed by atoms with Crippen molar-refractivity contribution in [3.63, 3.8) is 0 Å².